The Labute approximate surface area is 206 Å². The fraction of sp³-hybridized carbons (Fsp3) is 0.167. The largest absolute Gasteiger partial charge is 0.417 e. The number of rotatable bonds is 8. The van der Waals surface area contributed by atoms with Crippen LogP contribution in [0.15, 0.2) is 82.8 Å². The van der Waals surface area contributed by atoms with Crippen LogP contribution in [0.1, 0.15) is 22.3 Å². The van der Waals surface area contributed by atoms with Crippen molar-refractivity contribution in [2.45, 2.75) is 24.5 Å². The molecule has 0 unspecified atom stereocenters. The second-order valence-electron chi connectivity index (χ2n) is 7.59. The highest BCUT2D eigenvalue weighted by Gasteiger charge is 2.32. The maximum Gasteiger partial charge on any atom is 0.417 e. The third-order valence-corrected chi connectivity index (χ3v) is 6.97. The maximum atomic E-state index is 13.2. The quantitative estimate of drug-likeness (QED) is 0.333. The van der Waals surface area contributed by atoms with E-state index in [0.717, 1.165) is 22.1 Å². The van der Waals surface area contributed by atoms with Crippen molar-refractivity contribution in [1.82, 2.24) is 9.73 Å². The number of carbonyl (C=O) groups is 1. The molecule has 0 saturated carbocycles. The van der Waals surface area contributed by atoms with Crippen LogP contribution in [0.2, 0.25) is 5.02 Å². The molecule has 1 N–H and O–H groups in total. The van der Waals surface area contributed by atoms with Crippen molar-refractivity contribution in [2.75, 3.05) is 6.54 Å². The molecule has 0 aromatic heterocycles. The first-order chi connectivity index (χ1) is 16.5. The van der Waals surface area contributed by atoms with Gasteiger partial charge in [0.25, 0.3) is 5.91 Å². The minimum absolute atomic E-state index is 0.0654. The number of alkyl halides is 3. The summed E-state index contributed by atoms with van der Waals surface area (Å²) in [7, 11) is -4.11. The molecular formula is C24H21ClF3N3O3S. The molecule has 0 saturated heterocycles. The zero-order valence-electron chi connectivity index (χ0n) is 18.5. The Morgan fingerprint density at radius 1 is 1.03 bits per heavy atom. The lowest BCUT2D eigenvalue weighted by atomic mass is 10.1. The summed E-state index contributed by atoms with van der Waals surface area (Å²) in [6.45, 7) is 1.16. The number of hydrogen-bond acceptors (Lipinski definition) is 4. The summed E-state index contributed by atoms with van der Waals surface area (Å²) in [5.74, 6) is -0.824. The second kappa shape index (κ2) is 11.0. The molecule has 0 radical (unpaired) electrons. The molecule has 0 atom stereocenters. The van der Waals surface area contributed by atoms with Gasteiger partial charge in [0.2, 0.25) is 10.0 Å². The molecule has 35 heavy (non-hydrogen) atoms. The SMILES string of the molecule is Cc1ccc(CN(CC(=O)N/N=C\c2ccccc2C(F)(F)F)S(=O)(=O)c2ccc(Cl)cc2)cc1. The van der Waals surface area contributed by atoms with E-state index in [2.05, 4.69) is 10.5 Å². The van der Waals surface area contributed by atoms with Crippen LogP contribution in [0.4, 0.5) is 13.2 Å². The van der Waals surface area contributed by atoms with Crippen LogP contribution in [0.25, 0.3) is 0 Å². The number of benzene rings is 3. The van der Waals surface area contributed by atoms with Crippen molar-refractivity contribution >= 4 is 33.7 Å². The zero-order chi connectivity index (χ0) is 25.6. The van der Waals surface area contributed by atoms with E-state index in [1.165, 1.54) is 42.5 Å². The Hall–Kier alpha value is -3.21. The van der Waals surface area contributed by atoms with Crippen molar-refractivity contribution in [1.29, 1.82) is 0 Å². The molecule has 3 rings (SSSR count). The van der Waals surface area contributed by atoms with Gasteiger partial charge in [-0.1, -0.05) is 59.6 Å². The number of sulfonamides is 1. The van der Waals surface area contributed by atoms with Crippen molar-refractivity contribution in [2.24, 2.45) is 5.10 Å². The zero-order valence-corrected chi connectivity index (χ0v) is 20.0. The predicted octanol–water partition coefficient (Wildman–Crippen LogP) is 5.01. The molecule has 6 nitrogen and oxygen atoms in total. The monoisotopic (exact) mass is 523 g/mol. The van der Waals surface area contributed by atoms with E-state index in [0.29, 0.717) is 10.6 Å². The first-order valence-electron chi connectivity index (χ1n) is 10.3. The van der Waals surface area contributed by atoms with Crippen molar-refractivity contribution < 1.29 is 26.4 Å². The van der Waals surface area contributed by atoms with E-state index in [9.17, 15) is 26.4 Å². The van der Waals surface area contributed by atoms with Gasteiger partial charge in [-0.3, -0.25) is 4.79 Å². The fourth-order valence-electron chi connectivity index (χ4n) is 3.12. The molecule has 0 bridgehead atoms. The molecule has 184 valence electrons. The van der Waals surface area contributed by atoms with Gasteiger partial charge in [0.1, 0.15) is 0 Å². The normalized spacial score (nSPS) is 12.3. The lowest BCUT2D eigenvalue weighted by molar-refractivity contribution is -0.137. The summed E-state index contributed by atoms with van der Waals surface area (Å²) in [5, 5.41) is 3.94. The van der Waals surface area contributed by atoms with E-state index in [-0.39, 0.29) is 17.0 Å². The van der Waals surface area contributed by atoms with Crippen molar-refractivity contribution in [3.8, 4) is 0 Å². The van der Waals surface area contributed by atoms with E-state index in [1.807, 2.05) is 19.1 Å². The van der Waals surface area contributed by atoms with Crippen molar-refractivity contribution in [3.63, 3.8) is 0 Å². The summed E-state index contributed by atoms with van der Waals surface area (Å²) < 4.78 is 66.8. The van der Waals surface area contributed by atoms with Crippen LogP contribution in [0.5, 0.6) is 0 Å². The summed E-state index contributed by atoms with van der Waals surface area (Å²) >= 11 is 5.86. The van der Waals surface area contributed by atoms with Crippen LogP contribution in [0.3, 0.4) is 0 Å². The molecule has 0 aliphatic carbocycles. The van der Waals surface area contributed by atoms with Gasteiger partial charge in [-0.15, -0.1) is 0 Å². The van der Waals surface area contributed by atoms with Gasteiger partial charge in [-0.25, -0.2) is 13.8 Å². The number of nitrogens with one attached hydrogen (secondary N) is 1. The van der Waals surface area contributed by atoms with Gasteiger partial charge in [0.05, 0.1) is 23.2 Å². The Bertz CT molecular complexity index is 1310. The predicted molar refractivity (Wildman–Crippen MR) is 127 cm³/mol. The molecule has 11 heteroatoms. The first kappa shape index (κ1) is 26.4. The maximum absolute atomic E-state index is 13.2. The topological polar surface area (TPSA) is 78.8 Å². The van der Waals surface area contributed by atoms with E-state index >= 15 is 0 Å². The van der Waals surface area contributed by atoms with Gasteiger partial charge >= 0.3 is 6.18 Å². The molecule has 0 fully saturated rings. The Morgan fingerprint density at radius 3 is 2.29 bits per heavy atom. The molecule has 1 amide bonds. The van der Waals surface area contributed by atoms with Gasteiger partial charge in [0, 0.05) is 17.1 Å². The highest BCUT2D eigenvalue weighted by Crippen LogP contribution is 2.31. The van der Waals surface area contributed by atoms with E-state index < -0.39 is 34.2 Å². The minimum atomic E-state index is -4.59. The smallest absolute Gasteiger partial charge is 0.272 e. The van der Waals surface area contributed by atoms with Gasteiger partial charge in [-0.2, -0.15) is 22.6 Å². The van der Waals surface area contributed by atoms with Gasteiger partial charge in [-0.05, 0) is 42.8 Å². The molecule has 0 heterocycles. The van der Waals surface area contributed by atoms with E-state index in [1.54, 1.807) is 12.1 Å². The highest BCUT2D eigenvalue weighted by atomic mass is 35.5. The minimum Gasteiger partial charge on any atom is -0.272 e. The lowest BCUT2D eigenvalue weighted by Crippen LogP contribution is -2.39. The van der Waals surface area contributed by atoms with Crippen LogP contribution in [0, 0.1) is 6.92 Å². The number of aryl methyl sites for hydroxylation is 1. The lowest BCUT2D eigenvalue weighted by Gasteiger charge is -2.21. The average molecular weight is 524 g/mol. The van der Waals surface area contributed by atoms with Crippen LogP contribution in [-0.2, 0) is 27.5 Å². The Morgan fingerprint density at radius 2 is 1.66 bits per heavy atom. The standard InChI is InChI=1S/C24H21ClF3N3O3S/c1-17-6-8-18(9-7-17)15-31(35(33,34)21-12-10-20(25)11-13-21)16-23(32)30-29-14-19-4-2-3-5-22(19)24(26,27)28/h2-14H,15-16H2,1H3,(H,30,32)/b29-14-. The number of nitrogens with zero attached hydrogens (tertiary/aromatic N) is 2. The third-order valence-electron chi connectivity index (χ3n) is 4.91. The highest BCUT2D eigenvalue weighted by molar-refractivity contribution is 7.89. The molecular weight excluding hydrogens is 503 g/mol. The van der Waals surface area contributed by atoms with Gasteiger partial charge < -0.3 is 0 Å². The Balaban J connectivity index is 1.81. The van der Waals surface area contributed by atoms with Crippen LogP contribution >= 0.6 is 11.6 Å². The summed E-state index contributed by atoms with van der Waals surface area (Å²) in [4.78, 5) is 12.5. The van der Waals surface area contributed by atoms with Crippen LogP contribution in [-0.4, -0.2) is 31.4 Å². The third kappa shape index (κ3) is 7.14. The molecule has 0 aliphatic rings. The number of halogens is 4. The summed E-state index contributed by atoms with van der Waals surface area (Å²) in [6, 6.07) is 17.3. The molecule has 3 aromatic carbocycles. The molecule has 0 aliphatic heterocycles. The molecule has 0 spiro atoms. The van der Waals surface area contributed by atoms with E-state index in [4.69, 9.17) is 11.6 Å². The van der Waals surface area contributed by atoms with Crippen molar-refractivity contribution in [3.05, 3.63) is 100 Å². The van der Waals surface area contributed by atoms with Gasteiger partial charge in [0.15, 0.2) is 0 Å². The number of carbonyl (C=O) groups excluding carboxylic acids is 1. The summed E-state index contributed by atoms with van der Waals surface area (Å²) in [6.07, 6.45) is -3.73. The average Bonchev–Trinajstić information content (AvgIpc) is 2.80. The van der Waals surface area contributed by atoms with Crippen LogP contribution < -0.4 is 5.43 Å². The number of hydrazone groups is 1. The number of amides is 1. The Kier molecular flexibility index (Phi) is 8.31. The summed E-state index contributed by atoms with van der Waals surface area (Å²) in [5.41, 5.74) is 2.57. The number of hydrogen-bond donors (Lipinski definition) is 1. The fourth-order valence-corrected chi connectivity index (χ4v) is 4.63. The second-order valence-corrected chi connectivity index (χ2v) is 9.97. The molecule has 3 aromatic rings. The first-order valence-corrected chi connectivity index (χ1v) is 12.1.